The van der Waals surface area contributed by atoms with Crippen LogP contribution in [0.2, 0.25) is 0 Å². The molecule has 238 valence electrons. The Labute approximate surface area is 251 Å². The van der Waals surface area contributed by atoms with E-state index in [9.17, 15) is 9.90 Å². The Morgan fingerprint density at radius 1 is 0.976 bits per heavy atom. The van der Waals surface area contributed by atoms with E-state index in [1.807, 2.05) is 0 Å². The topological polar surface area (TPSA) is 114 Å². The number of nitrogens with one attached hydrogen (secondary N) is 1. The lowest BCUT2D eigenvalue weighted by Crippen LogP contribution is -2.59. The molecule has 0 heterocycles. The van der Waals surface area contributed by atoms with Gasteiger partial charge in [0.2, 0.25) is 0 Å². The Bertz CT molecular complexity index is 820. The van der Waals surface area contributed by atoms with Gasteiger partial charge in [0.1, 0.15) is 0 Å². The number of nitrogens with two attached hydrogens (primary N) is 2. The SMILES string of the molecule is COC(=O)CC[C@@H](C)[C@H]1CCC2C3C(CC[C@@]21C)[C@@]1(C)CC[C@H](NCCCN(CCCN)CCCN)CC1C[C@H]3O. The maximum absolute atomic E-state index is 11.8. The van der Waals surface area contributed by atoms with Gasteiger partial charge in [-0.15, -0.1) is 0 Å². The highest BCUT2D eigenvalue weighted by Gasteiger charge is 2.62. The first kappa shape index (κ1) is 33.2. The van der Waals surface area contributed by atoms with E-state index >= 15 is 0 Å². The standard InChI is InChI=1S/C34H64N4O3/c1-24(8-11-31(40)41-4)27-9-10-28-32-29(13-15-34(27,28)3)33(2)14-12-26(22-25(33)23-30(32)39)37-18-7-21-38(19-5-16-35)20-6-17-36/h24-30,32,37,39H,5-23,35-36H2,1-4H3/t24-,25?,26+,27-,28?,29?,30-,32?,33+,34-/m1/s1. The van der Waals surface area contributed by atoms with Gasteiger partial charge in [-0.1, -0.05) is 20.8 Å². The molecule has 7 heteroatoms. The van der Waals surface area contributed by atoms with E-state index in [1.54, 1.807) is 0 Å². The molecule has 0 aliphatic heterocycles. The molecule has 4 aliphatic carbocycles. The molecule has 0 aromatic carbocycles. The Balaban J connectivity index is 1.31. The molecule has 0 bridgehead atoms. The normalized spacial score (nSPS) is 39.2. The average molecular weight is 577 g/mol. The Morgan fingerprint density at radius 3 is 2.32 bits per heavy atom. The summed E-state index contributed by atoms with van der Waals surface area (Å²) in [4.78, 5) is 14.3. The van der Waals surface area contributed by atoms with Crippen molar-refractivity contribution in [1.29, 1.82) is 0 Å². The van der Waals surface area contributed by atoms with Crippen molar-refractivity contribution in [1.82, 2.24) is 10.2 Å². The highest BCUT2D eigenvalue weighted by molar-refractivity contribution is 5.69. The van der Waals surface area contributed by atoms with Gasteiger partial charge in [-0.05, 0) is 163 Å². The number of ether oxygens (including phenoxy) is 1. The van der Waals surface area contributed by atoms with Crippen LogP contribution in [-0.2, 0) is 9.53 Å². The van der Waals surface area contributed by atoms with Crippen LogP contribution < -0.4 is 16.8 Å². The van der Waals surface area contributed by atoms with E-state index in [0.717, 1.165) is 65.0 Å². The molecule has 0 aromatic rings. The van der Waals surface area contributed by atoms with Crippen molar-refractivity contribution in [2.24, 2.45) is 57.8 Å². The smallest absolute Gasteiger partial charge is 0.305 e. The first-order valence-electron chi connectivity index (χ1n) is 17.3. The van der Waals surface area contributed by atoms with Gasteiger partial charge in [0, 0.05) is 12.5 Å². The molecule has 4 aliphatic rings. The van der Waals surface area contributed by atoms with Crippen molar-refractivity contribution in [3.05, 3.63) is 0 Å². The maximum Gasteiger partial charge on any atom is 0.305 e. The van der Waals surface area contributed by atoms with Crippen molar-refractivity contribution in [3.8, 4) is 0 Å². The predicted octanol–water partition coefficient (Wildman–Crippen LogP) is 4.55. The summed E-state index contributed by atoms with van der Waals surface area (Å²) in [6.07, 6.45) is 14.4. The monoisotopic (exact) mass is 576 g/mol. The second-order valence-corrected chi connectivity index (χ2v) is 15.0. The van der Waals surface area contributed by atoms with E-state index in [0.29, 0.717) is 58.8 Å². The fourth-order valence-corrected chi connectivity index (χ4v) is 10.6. The minimum absolute atomic E-state index is 0.0842. The van der Waals surface area contributed by atoms with Gasteiger partial charge < -0.3 is 31.5 Å². The number of nitrogens with zero attached hydrogens (tertiary/aromatic N) is 1. The molecule has 7 nitrogen and oxygen atoms in total. The van der Waals surface area contributed by atoms with Gasteiger partial charge in [-0.3, -0.25) is 4.79 Å². The summed E-state index contributed by atoms with van der Waals surface area (Å²) in [7, 11) is 1.49. The van der Waals surface area contributed by atoms with E-state index in [2.05, 4.69) is 31.0 Å². The molecule has 10 atom stereocenters. The van der Waals surface area contributed by atoms with Gasteiger partial charge in [-0.25, -0.2) is 0 Å². The zero-order chi connectivity index (χ0) is 29.6. The molecular weight excluding hydrogens is 512 g/mol. The zero-order valence-electron chi connectivity index (χ0n) is 26.9. The van der Waals surface area contributed by atoms with Gasteiger partial charge in [0.25, 0.3) is 0 Å². The maximum atomic E-state index is 11.8. The number of rotatable bonds is 15. The van der Waals surface area contributed by atoms with Crippen molar-refractivity contribution >= 4 is 5.97 Å². The molecule has 0 spiro atoms. The average Bonchev–Trinajstić information content (AvgIpc) is 3.32. The number of carbonyl (C=O) groups is 1. The van der Waals surface area contributed by atoms with Gasteiger partial charge in [0.05, 0.1) is 13.2 Å². The number of fused-ring (bicyclic) bond motifs is 5. The van der Waals surface area contributed by atoms with Crippen LogP contribution >= 0.6 is 0 Å². The number of esters is 1. The number of hydrogen-bond donors (Lipinski definition) is 4. The van der Waals surface area contributed by atoms with Crippen molar-refractivity contribution in [2.45, 2.75) is 116 Å². The summed E-state index contributed by atoms with van der Waals surface area (Å²) in [5, 5.41) is 15.7. The Hall–Kier alpha value is -0.730. The first-order valence-corrected chi connectivity index (χ1v) is 17.3. The third-order valence-electron chi connectivity index (χ3n) is 12.9. The Morgan fingerprint density at radius 2 is 1.63 bits per heavy atom. The first-order chi connectivity index (χ1) is 19.7. The number of carbonyl (C=O) groups excluding carboxylic acids is 1. The molecule has 6 N–H and O–H groups in total. The number of hydrogen-bond acceptors (Lipinski definition) is 7. The van der Waals surface area contributed by atoms with Crippen LogP contribution in [0.5, 0.6) is 0 Å². The van der Waals surface area contributed by atoms with Crippen LogP contribution in [0.15, 0.2) is 0 Å². The summed E-state index contributed by atoms with van der Waals surface area (Å²) >= 11 is 0. The predicted molar refractivity (Wildman–Crippen MR) is 167 cm³/mol. The third-order valence-corrected chi connectivity index (χ3v) is 12.9. The fourth-order valence-electron chi connectivity index (χ4n) is 10.6. The minimum atomic E-state index is -0.163. The Kier molecular flexibility index (Phi) is 12.0. The van der Waals surface area contributed by atoms with E-state index in [-0.39, 0.29) is 12.1 Å². The van der Waals surface area contributed by atoms with Gasteiger partial charge >= 0.3 is 5.97 Å². The summed E-state index contributed by atoms with van der Waals surface area (Å²) in [6, 6.07) is 0.582. The van der Waals surface area contributed by atoms with Crippen LogP contribution in [0.4, 0.5) is 0 Å². The molecule has 0 saturated heterocycles. The van der Waals surface area contributed by atoms with Gasteiger partial charge in [-0.2, -0.15) is 0 Å². The molecule has 0 radical (unpaired) electrons. The molecule has 4 unspecified atom stereocenters. The molecule has 4 saturated carbocycles. The van der Waals surface area contributed by atoms with Crippen LogP contribution in [0, 0.1) is 46.3 Å². The van der Waals surface area contributed by atoms with Crippen molar-refractivity contribution in [3.63, 3.8) is 0 Å². The van der Waals surface area contributed by atoms with Crippen molar-refractivity contribution < 1.29 is 14.6 Å². The van der Waals surface area contributed by atoms with Gasteiger partial charge in [0.15, 0.2) is 0 Å². The number of aliphatic hydroxyl groups excluding tert-OH is 1. The van der Waals surface area contributed by atoms with E-state index < -0.39 is 0 Å². The van der Waals surface area contributed by atoms with Crippen LogP contribution in [0.25, 0.3) is 0 Å². The third kappa shape index (κ3) is 7.33. The fraction of sp³-hybridized carbons (Fsp3) is 0.971. The van der Waals surface area contributed by atoms with Crippen LogP contribution in [-0.4, -0.2) is 74.5 Å². The second kappa shape index (κ2) is 14.8. The molecular formula is C34H64N4O3. The quantitative estimate of drug-likeness (QED) is 0.167. The van der Waals surface area contributed by atoms with E-state index in [1.165, 1.54) is 58.5 Å². The highest BCUT2D eigenvalue weighted by atomic mass is 16.5. The summed E-state index contributed by atoms with van der Waals surface area (Å²) in [6.45, 7) is 13.3. The molecule has 0 aromatic heterocycles. The summed E-state index contributed by atoms with van der Waals surface area (Å²) in [5.74, 6) is 3.44. The van der Waals surface area contributed by atoms with Crippen LogP contribution in [0.3, 0.4) is 0 Å². The summed E-state index contributed by atoms with van der Waals surface area (Å²) < 4.78 is 4.92. The van der Waals surface area contributed by atoms with Crippen LogP contribution in [0.1, 0.15) is 104 Å². The lowest BCUT2D eigenvalue weighted by molar-refractivity contribution is -0.167. The second-order valence-electron chi connectivity index (χ2n) is 15.0. The summed E-state index contributed by atoms with van der Waals surface area (Å²) in [5.41, 5.74) is 12.2. The lowest BCUT2D eigenvalue weighted by atomic mass is 9.43. The highest BCUT2D eigenvalue weighted by Crippen LogP contribution is 2.68. The molecule has 4 rings (SSSR count). The zero-order valence-corrected chi connectivity index (χ0v) is 26.9. The number of aliphatic hydroxyl groups is 1. The lowest BCUT2D eigenvalue weighted by Gasteiger charge is -2.62. The molecule has 41 heavy (non-hydrogen) atoms. The minimum Gasteiger partial charge on any atom is -0.469 e. The molecule has 0 amide bonds. The molecule has 4 fully saturated rings. The number of methoxy groups -OCH3 is 1. The van der Waals surface area contributed by atoms with E-state index in [4.69, 9.17) is 16.2 Å². The largest absolute Gasteiger partial charge is 0.469 e. The van der Waals surface area contributed by atoms with Crippen molar-refractivity contribution in [2.75, 3.05) is 46.4 Å².